The number of amidine groups is 1. The SMILES string of the molecule is CN1C(c2ccc3c(c2)c2cccc4c2n3-c2ccccc2C42c3ccccc3-c3ccccc32)=NC2C=CC=CC21. The number of benzene rings is 5. The Kier molecular flexibility index (Phi) is 4.17. The van der Waals surface area contributed by atoms with E-state index in [4.69, 9.17) is 4.99 Å². The first-order valence-electron chi connectivity index (χ1n) is 14.8. The van der Waals surface area contributed by atoms with Crippen LogP contribution in [0.15, 0.2) is 138 Å². The van der Waals surface area contributed by atoms with Gasteiger partial charge in [0.05, 0.1) is 34.2 Å². The number of aliphatic imine (C=N–C) groups is 1. The molecule has 1 spiro atoms. The fourth-order valence-corrected chi connectivity index (χ4v) is 8.42. The first kappa shape index (κ1) is 22.5. The Morgan fingerprint density at radius 1 is 0.643 bits per heavy atom. The highest BCUT2D eigenvalue weighted by Gasteiger charge is 2.50. The summed E-state index contributed by atoms with van der Waals surface area (Å²) in [5.41, 5.74) is 12.7. The van der Waals surface area contributed by atoms with Crippen molar-refractivity contribution in [3.63, 3.8) is 0 Å². The number of para-hydroxylation sites is 2. The van der Waals surface area contributed by atoms with E-state index < -0.39 is 0 Å². The molecule has 198 valence electrons. The highest BCUT2D eigenvalue weighted by Crippen LogP contribution is 2.60. The fraction of sp³-hybridized carbons (Fsp3) is 0.103. The highest BCUT2D eigenvalue weighted by atomic mass is 15.3. The van der Waals surface area contributed by atoms with E-state index in [0.29, 0.717) is 0 Å². The Balaban J connectivity index is 1.32. The lowest BCUT2D eigenvalue weighted by Crippen LogP contribution is -2.35. The van der Waals surface area contributed by atoms with Gasteiger partial charge in [-0.25, -0.2) is 0 Å². The van der Waals surface area contributed by atoms with Crippen LogP contribution in [0.25, 0.3) is 38.6 Å². The maximum Gasteiger partial charge on any atom is 0.131 e. The minimum atomic E-state index is -0.374. The molecule has 0 saturated heterocycles. The summed E-state index contributed by atoms with van der Waals surface area (Å²) in [6, 6.07) is 41.4. The second-order valence-corrected chi connectivity index (χ2v) is 11.9. The Morgan fingerprint density at radius 2 is 1.33 bits per heavy atom. The highest BCUT2D eigenvalue weighted by molar-refractivity contribution is 6.15. The molecule has 3 heteroatoms. The van der Waals surface area contributed by atoms with Gasteiger partial charge in [-0.2, -0.15) is 0 Å². The van der Waals surface area contributed by atoms with E-state index in [1.54, 1.807) is 0 Å². The Morgan fingerprint density at radius 3 is 2.12 bits per heavy atom. The van der Waals surface area contributed by atoms with Crippen molar-refractivity contribution in [2.24, 2.45) is 4.99 Å². The molecule has 10 rings (SSSR count). The van der Waals surface area contributed by atoms with Crippen molar-refractivity contribution in [2.45, 2.75) is 17.5 Å². The molecule has 4 aliphatic rings. The number of aromatic nitrogens is 1. The third kappa shape index (κ3) is 2.52. The summed E-state index contributed by atoms with van der Waals surface area (Å²) in [4.78, 5) is 7.47. The molecule has 0 radical (unpaired) electrons. The molecular weight excluding hydrogens is 510 g/mol. The van der Waals surface area contributed by atoms with Crippen LogP contribution in [0.4, 0.5) is 0 Å². The van der Waals surface area contributed by atoms with Crippen molar-refractivity contribution in [2.75, 3.05) is 7.05 Å². The van der Waals surface area contributed by atoms with Gasteiger partial charge in [-0.3, -0.25) is 4.99 Å². The molecular formula is C39H27N3. The number of hydrogen-bond donors (Lipinski definition) is 0. The number of nitrogens with zero attached hydrogens (tertiary/aromatic N) is 3. The van der Waals surface area contributed by atoms with Crippen molar-refractivity contribution in [3.8, 4) is 16.8 Å². The average Bonchev–Trinajstić information content (AvgIpc) is 3.67. The fourth-order valence-electron chi connectivity index (χ4n) is 8.42. The van der Waals surface area contributed by atoms with Crippen LogP contribution in [0.2, 0.25) is 0 Å². The zero-order chi connectivity index (χ0) is 27.6. The molecule has 5 aromatic carbocycles. The van der Waals surface area contributed by atoms with E-state index in [2.05, 4.69) is 150 Å². The number of allylic oxidation sites excluding steroid dienone is 2. The molecule has 0 amide bonds. The van der Waals surface area contributed by atoms with Gasteiger partial charge in [0.1, 0.15) is 5.84 Å². The van der Waals surface area contributed by atoms with Crippen LogP contribution in [0.1, 0.15) is 27.8 Å². The van der Waals surface area contributed by atoms with Gasteiger partial charge in [-0.05, 0) is 57.6 Å². The quantitative estimate of drug-likeness (QED) is 0.208. The number of likely N-dealkylation sites (N-methyl/N-ethyl adjacent to an activating group) is 1. The first-order chi connectivity index (χ1) is 20.8. The van der Waals surface area contributed by atoms with Crippen LogP contribution >= 0.6 is 0 Å². The molecule has 0 fully saturated rings. The molecule has 0 saturated carbocycles. The van der Waals surface area contributed by atoms with E-state index in [-0.39, 0.29) is 17.5 Å². The summed E-state index contributed by atoms with van der Waals surface area (Å²) in [6.07, 6.45) is 8.72. The molecule has 2 aliphatic heterocycles. The monoisotopic (exact) mass is 537 g/mol. The average molecular weight is 538 g/mol. The van der Waals surface area contributed by atoms with Crippen molar-refractivity contribution in [1.82, 2.24) is 9.47 Å². The molecule has 0 N–H and O–H groups in total. The number of hydrogen-bond acceptors (Lipinski definition) is 2. The largest absolute Gasteiger partial charge is 0.351 e. The van der Waals surface area contributed by atoms with Crippen LogP contribution in [-0.2, 0) is 5.41 Å². The van der Waals surface area contributed by atoms with Crippen molar-refractivity contribution in [3.05, 3.63) is 161 Å². The predicted octanol–water partition coefficient (Wildman–Crippen LogP) is 8.02. The summed E-state index contributed by atoms with van der Waals surface area (Å²) in [5.74, 6) is 1.06. The molecule has 1 aromatic heterocycles. The van der Waals surface area contributed by atoms with Crippen molar-refractivity contribution in [1.29, 1.82) is 0 Å². The Labute approximate surface area is 244 Å². The summed E-state index contributed by atoms with van der Waals surface area (Å²) in [6.45, 7) is 0. The summed E-state index contributed by atoms with van der Waals surface area (Å²) in [5, 5.41) is 2.56. The van der Waals surface area contributed by atoms with Gasteiger partial charge in [0, 0.05) is 23.4 Å². The molecule has 2 unspecified atom stereocenters. The smallest absolute Gasteiger partial charge is 0.131 e. The third-order valence-corrected chi connectivity index (χ3v) is 10.1. The van der Waals surface area contributed by atoms with Gasteiger partial charge in [-0.1, -0.05) is 109 Å². The van der Waals surface area contributed by atoms with Gasteiger partial charge in [0.25, 0.3) is 0 Å². The maximum absolute atomic E-state index is 5.15. The zero-order valence-corrected chi connectivity index (χ0v) is 23.2. The number of fused-ring (bicyclic) bond motifs is 13. The second-order valence-electron chi connectivity index (χ2n) is 11.9. The second kappa shape index (κ2) is 7.77. The molecule has 2 aliphatic carbocycles. The van der Waals surface area contributed by atoms with Gasteiger partial charge in [-0.15, -0.1) is 0 Å². The Hall–Kier alpha value is -5.15. The minimum Gasteiger partial charge on any atom is -0.351 e. The van der Waals surface area contributed by atoms with Crippen LogP contribution < -0.4 is 0 Å². The molecule has 6 aromatic rings. The Bertz CT molecular complexity index is 2200. The lowest BCUT2D eigenvalue weighted by atomic mass is 9.65. The van der Waals surface area contributed by atoms with Crippen LogP contribution in [-0.4, -0.2) is 34.4 Å². The van der Waals surface area contributed by atoms with Crippen molar-refractivity contribution < 1.29 is 0 Å². The standard InChI is InChI=1S/C39H27N3/c1-41-36-20-9-7-18-33(36)40-38(41)24-21-22-34-28(23-24)27-13-10-17-32-37(27)42(34)35-19-8-6-16-31(35)39(32)29-14-4-2-11-25(29)26-12-3-5-15-30(26)39/h2-23,33,36H,1H3. The maximum atomic E-state index is 5.15. The normalized spacial score (nSPS) is 20.1. The molecule has 2 atom stereocenters. The summed E-state index contributed by atoms with van der Waals surface area (Å²) < 4.78 is 2.51. The van der Waals surface area contributed by atoms with Gasteiger partial charge in [0.15, 0.2) is 0 Å². The molecule has 3 nitrogen and oxygen atoms in total. The lowest BCUT2D eigenvalue weighted by molar-refractivity contribution is 0.437. The third-order valence-electron chi connectivity index (χ3n) is 10.1. The van der Waals surface area contributed by atoms with E-state index in [1.165, 1.54) is 66.4 Å². The van der Waals surface area contributed by atoms with E-state index >= 15 is 0 Å². The van der Waals surface area contributed by atoms with Crippen molar-refractivity contribution >= 4 is 27.6 Å². The van der Waals surface area contributed by atoms with Gasteiger partial charge < -0.3 is 9.47 Å². The van der Waals surface area contributed by atoms with E-state index in [0.717, 1.165) is 5.84 Å². The van der Waals surface area contributed by atoms with Crippen LogP contribution in [0, 0.1) is 0 Å². The molecule has 42 heavy (non-hydrogen) atoms. The summed E-state index contributed by atoms with van der Waals surface area (Å²) in [7, 11) is 2.17. The van der Waals surface area contributed by atoms with Crippen LogP contribution in [0.3, 0.4) is 0 Å². The van der Waals surface area contributed by atoms with Crippen LogP contribution in [0.5, 0.6) is 0 Å². The lowest BCUT2D eigenvalue weighted by Gasteiger charge is -2.39. The minimum absolute atomic E-state index is 0.176. The zero-order valence-electron chi connectivity index (χ0n) is 23.2. The topological polar surface area (TPSA) is 20.5 Å². The van der Waals surface area contributed by atoms with Gasteiger partial charge >= 0.3 is 0 Å². The first-order valence-corrected chi connectivity index (χ1v) is 14.8. The van der Waals surface area contributed by atoms with Gasteiger partial charge in [0.2, 0.25) is 0 Å². The molecule has 0 bridgehead atoms. The summed E-state index contributed by atoms with van der Waals surface area (Å²) >= 11 is 0. The predicted molar refractivity (Wildman–Crippen MR) is 172 cm³/mol. The molecule has 3 heterocycles. The van der Waals surface area contributed by atoms with E-state index in [9.17, 15) is 0 Å². The number of rotatable bonds is 1. The van der Waals surface area contributed by atoms with E-state index in [1.807, 2.05) is 0 Å².